The fraction of sp³-hybridized carbons (Fsp3) is 0.385. The number of halogens is 3. The lowest BCUT2D eigenvalue weighted by Crippen LogP contribution is -2.53. The number of likely N-dealkylation sites (tertiary alicyclic amines) is 1. The molecule has 3 aliphatic heterocycles. The van der Waals surface area contributed by atoms with Crippen molar-refractivity contribution in [3.63, 3.8) is 0 Å². The molecule has 3 unspecified atom stereocenters. The van der Waals surface area contributed by atoms with Crippen LogP contribution in [0.1, 0.15) is 43.0 Å². The lowest BCUT2D eigenvalue weighted by molar-refractivity contribution is -0.144. The van der Waals surface area contributed by atoms with E-state index in [-0.39, 0.29) is 18.7 Å². The number of rotatable bonds is 4. The Bertz CT molecular complexity index is 1270. The van der Waals surface area contributed by atoms with Gasteiger partial charge in [0.1, 0.15) is 5.54 Å². The van der Waals surface area contributed by atoms with Gasteiger partial charge in [-0.1, -0.05) is 36.8 Å². The fourth-order valence-corrected chi connectivity index (χ4v) is 6.04. The molecule has 3 aliphatic rings. The van der Waals surface area contributed by atoms with E-state index in [0.717, 1.165) is 39.6 Å². The van der Waals surface area contributed by atoms with Gasteiger partial charge in [-0.05, 0) is 50.1 Å². The fourth-order valence-electron chi connectivity index (χ4n) is 6.04. The summed E-state index contributed by atoms with van der Waals surface area (Å²) >= 11 is 0. The molecule has 7 nitrogen and oxygen atoms in total. The van der Waals surface area contributed by atoms with Gasteiger partial charge in [0.15, 0.2) is 0 Å². The molecule has 10 heteroatoms. The number of imide groups is 2. The molecule has 0 N–H and O–H groups in total. The van der Waals surface area contributed by atoms with Gasteiger partial charge in [0.2, 0.25) is 11.8 Å². The van der Waals surface area contributed by atoms with Gasteiger partial charge in [-0.15, -0.1) is 0 Å². The first kappa shape index (κ1) is 24.0. The molecule has 2 aromatic rings. The summed E-state index contributed by atoms with van der Waals surface area (Å²) in [4.78, 5) is 58.1. The minimum atomic E-state index is -4.58. The second-order valence-electron chi connectivity index (χ2n) is 9.40. The van der Waals surface area contributed by atoms with Crippen LogP contribution in [-0.2, 0) is 20.6 Å². The van der Waals surface area contributed by atoms with Crippen molar-refractivity contribution >= 4 is 29.4 Å². The number of nitrogens with zero attached hydrogens (tertiary/aromatic N) is 3. The van der Waals surface area contributed by atoms with Crippen LogP contribution >= 0.6 is 0 Å². The van der Waals surface area contributed by atoms with Crippen molar-refractivity contribution in [1.29, 1.82) is 0 Å². The molecule has 2 aromatic carbocycles. The summed E-state index contributed by atoms with van der Waals surface area (Å²) in [5, 5.41) is 0. The van der Waals surface area contributed by atoms with Crippen LogP contribution in [-0.4, -0.2) is 45.6 Å². The Hall–Kier alpha value is -3.69. The molecule has 0 saturated carbocycles. The van der Waals surface area contributed by atoms with E-state index in [9.17, 15) is 32.3 Å². The smallest absolute Gasteiger partial charge is 0.300 e. The standard InChI is InChI=1S/C26H24F3N3O4/c1-4-25-19-18(21(33)30(5-2)22(19)34)20(15-8-6-14(3)7-9-15)32(25)24(36)31(23(25)35)17-12-10-16(11-13-17)26(27,28)29/h6-13,18-20H,4-5H2,1-3H3/t18?,19?,20?,25-/m1/s1. The van der Waals surface area contributed by atoms with E-state index in [1.54, 1.807) is 26.0 Å². The number of anilines is 1. The van der Waals surface area contributed by atoms with Crippen LogP contribution in [0.2, 0.25) is 0 Å². The summed E-state index contributed by atoms with van der Waals surface area (Å²) in [7, 11) is 0. The molecule has 0 bridgehead atoms. The molecular formula is C26H24F3N3O4. The highest BCUT2D eigenvalue weighted by Crippen LogP contribution is 2.59. The van der Waals surface area contributed by atoms with E-state index >= 15 is 0 Å². The number of amides is 5. The van der Waals surface area contributed by atoms with E-state index in [2.05, 4.69) is 0 Å². The molecule has 0 aromatic heterocycles. The highest BCUT2D eigenvalue weighted by molar-refractivity contribution is 6.26. The zero-order valence-corrected chi connectivity index (χ0v) is 19.9. The number of fused-ring (bicyclic) bond motifs is 3. The normalized spacial score (nSPS) is 27.8. The molecule has 36 heavy (non-hydrogen) atoms. The second kappa shape index (κ2) is 7.91. The van der Waals surface area contributed by atoms with Crippen LogP contribution in [0.5, 0.6) is 0 Å². The Balaban J connectivity index is 1.68. The Morgan fingerprint density at radius 3 is 2.03 bits per heavy atom. The van der Waals surface area contributed by atoms with Crippen LogP contribution in [0.3, 0.4) is 0 Å². The molecule has 3 saturated heterocycles. The highest BCUT2D eigenvalue weighted by atomic mass is 19.4. The molecule has 5 rings (SSSR count). The van der Waals surface area contributed by atoms with E-state index in [0.29, 0.717) is 5.56 Å². The molecule has 0 aliphatic carbocycles. The van der Waals surface area contributed by atoms with Crippen LogP contribution in [0.15, 0.2) is 48.5 Å². The first-order valence-electron chi connectivity index (χ1n) is 11.8. The maximum absolute atomic E-state index is 14.0. The number of carbonyl (C=O) groups excluding carboxylic acids is 4. The molecule has 3 heterocycles. The lowest BCUT2D eigenvalue weighted by atomic mass is 9.77. The van der Waals surface area contributed by atoms with Gasteiger partial charge in [-0.25, -0.2) is 9.69 Å². The van der Waals surface area contributed by atoms with Gasteiger partial charge in [-0.3, -0.25) is 19.3 Å². The third-order valence-electron chi connectivity index (χ3n) is 7.70. The van der Waals surface area contributed by atoms with Crippen molar-refractivity contribution < 1.29 is 32.3 Å². The maximum Gasteiger partial charge on any atom is 0.416 e. The Morgan fingerprint density at radius 2 is 1.50 bits per heavy atom. The minimum Gasteiger partial charge on any atom is -0.300 e. The van der Waals surface area contributed by atoms with Gasteiger partial charge in [-0.2, -0.15) is 13.2 Å². The van der Waals surface area contributed by atoms with Crippen molar-refractivity contribution in [3.05, 3.63) is 65.2 Å². The van der Waals surface area contributed by atoms with Crippen molar-refractivity contribution in [3.8, 4) is 0 Å². The molecule has 188 valence electrons. The first-order chi connectivity index (χ1) is 17.0. The molecule has 4 atom stereocenters. The zero-order chi connectivity index (χ0) is 26.2. The average molecular weight is 499 g/mol. The van der Waals surface area contributed by atoms with E-state index in [4.69, 9.17) is 0 Å². The summed E-state index contributed by atoms with van der Waals surface area (Å²) in [5.41, 5.74) is -1.00. The molecular weight excluding hydrogens is 475 g/mol. The molecule has 3 fully saturated rings. The van der Waals surface area contributed by atoms with Crippen molar-refractivity contribution in [1.82, 2.24) is 9.80 Å². The SMILES string of the molecule is CCN1C(=O)C2C(c3ccc(C)cc3)N3C(=O)N(c4ccc(C(F)(F)F)cc4)C(=O)[C@@]3(CC)C2C1=O. The van der Waals surface area contributed by atoms with Crippen LogP contribution < -0.4 is 4.90 Å². The van der Waals surface area contributed by atoms with E-state index in [1.807, 2.05) is 19.1 Å². The summed E-state index contributed by atoms with van der Waals surface area (Å²) in [6.07, 6.45) is -4.51. The van der Waals surface area contributed by atoms with Crippen molar-refractivity contribution in [2.45, 2.75) is 44.9 Å². The van der Waals surface area contributed by atoms with Crippen molar-refractivity contribution in [2.24, 2.45) is 11.8 Å². The number of urea groups is 1. The van der Waals surface area contributed by atoms with Crippen LogP contribution in [0.4, 0.5) is 23.7 Å². The largest absolute Gasteiger partial charge is 0.416 e. The van der Waals surface area contributed by atoms with Gasteiger partial charge in [0.05, 0.1) is 29.1 Å². The van der Waals surface area contributed by atoms with Crippen LogP contribution in [0, 0.1) is 18.8 Å². The third-order valence-corrected chi connectivity index (χ3v) is 7.70. The Kier molecular flexibility index (Phi) is 5.28. The first-order valence-corrected chi connectivity index (χ1v) is 11.8. The maximum atomic E-state index is 14.0. The molecule has 0 radical (unpaired) electrons. The zero-order valence-electron chi connectivity index (χ0n) is 19.9. The monoisotopic (exact) mass is 499 g/mol. The van der Waals surface area contributed by atoms with Gasteiger partial charge < -0.3 is 4.90 Å². The lowest BCUT2D eigenvalue weighted by Gasteiger charge is -2.34. The Labute approximate surface area is 205 Å². The van der Waals surface area contributed by atoms with Gasteiger partial charge in [0, 0.05) is 6.54 Å². The number of benzene rings is 2. The number of carbonyl (C=O) groups is 4. The second-order valence-corrected chi connectivity index (χ2v) is 9.40. The van der Waals surface area contributed by atoms with Crippen molar-refractivity contribution in [2.75, 3.05) is 11.4 Å². The third kappa shape index (κ3) is 2.99. The quantitative estimate of drug-likeness (QED) is 0.464. The summed E-state index contributed by atoms with van der Waals surface area (Å²) in [5.74, 6) is -3.66. The summed E-state index contributed by atoms with van der Waals surface area (Å²) in [6.45, 7) is 5.37. The van der Waals surface area contributed by atoms with E-state index in [1.165, 1.54) is 4.90 Å². The summed E-state index contributed by atoms with van der Waals surface area (Å²) < 4.78 is 39.3. The number of hydrogen-bond acceptors (Lipinski definition) is 4. The average Bonchev–Trinajstić information content (AvgIpc) is 3.37. The summed E-state index contributed by atoms with van der Waals surface area (Å²) in [6, 6.07) is 9.32. The highest BCUT2D eigenvalue weighted by Gasteiger charge is 2.76. The topological polar surface area (TPSA) is 78.0 Å². The molecule has 5 amide bonds. The predicted octanol–water partition coefficient (Wildman–Crippen LogP) is 4.31. The van der Waals surface area contributed by atoms with E-state index < -0.39 is 58.9 Å². The number of hydrogen-bond donors (Lipinski definition) is 0. The van der Waals surface area contributed by atoms with Gasteiger partial charge in [0.25, 0.3) is 5.91 Å². The Morgan fingerprint density at radius 1 is 0.889 bits per heavy atom. The van der Waals surface area contributed by atoms with Gasteiger partial charge >= 0.3 is 12.2 Å². The van der Waals surface area contributed by atoms with Crippen LogP contribution in [0.25, 0.3) is 0 Å². The predicted molar refractivity (Wildman–Crippen MR) is 122 cm³/mol. The number of aryl methyl sites for hydroxylation is 1. The molecule has 0 spiro atoms. The minimum absolute atomic E-state index is 0.0245. The number of alkyl halides is 3.